The molecule has 0 saturated carbocycles. The van der Waals surface area contributed by atoms with E-state index in [0.717, 1.165) is 4.31 Å². The Morgan fingerprint density at radius 2 is 1.81 bits per heavy atom. The third-order valence-electron chi connectivity index (χ3n) is 3.06. The van der Waals surface area contributed by atoms with Gasteiger partial charge in [-0.15, -0.1) is 0 Å². The summed E-state index contributed by atoms with van der Waals surface area (Å²) in [7, 11) is -0.702. The van der Waals surface area contributed by atoms with E-state index in [1.165, 1.54) is 32.4 Å². The molecule has 0 aromatic heterocycles. The van der Waals surface area contributed by atoms with Crippen molar-refractivity contribution in [2.45, 2.75) is 4.90 Å². The molecule has 0 saturated heterocycles. The average molecular weight is 302 g/mol. The molecule has 0 aliphatic carbocycles. The molecule has 21 heavy (non-hydrogen) atoms. The van der Waals surface area contributed by atoms with E-state index in [9.17, 15) is 8.42 Å². The van der Waals surface area contributed by atoms with Gasteiger partial charge in [0.05, 0.1) is 29.3 Å². The molecule has 0 aliphatic rings. The monoisotopic (exact) mass is 302 g/mol. The summed E-state index contributed by atoms with van der Waals surface area (Å²) in [4.78, 5) is 0.160. The molecule has 2 aromatic rings. The van der Waals surface area contributed by atoms with Crippen molar-refractivity contribution in [2.75, 3.05) is 18.5 Å². The molecule has 108 valence electrons. The van der Waals surface area contributed by atoms with Crippen molar-refractivity contribution < 1.29 is 13.2 Å². The van der Waals surface area contributed by atoms with E-state index >= 15 is 0 Å². The zero-order chi connectivity index (χ0) is 15.5. The number of sulfonamides is 1. The Hall–Kier alpha value is -2.52. The van der Waals surface area contributed by atoms with Gasteiger partial charge in [-0.3, -0.25) is 4.31 Å². The number of hydrogen-bond donors (Lipinski definition) is 0. The van der Waals surface area contributed by atoms with E-state index < -0.39 is 10.0 Å². The number of benzene rings is 2. The molecule has 2 aromatic carbocycles. The largest absolute Gasteiger partial charge is 0.497 e. The Balaban J connectivity index is 2.39. The zero-order valence-electron chi connectivity index (χ0n) is 11.6. The van der Waals surface area contributed by atoms with Gasteiger partial charge in [0.15, 0.2) is 0 Å². The smallest absolute Gasteiger partial charge is 0.264 e. The minimum Gasteiger partial charge on any atom is -0.497 e. The van der Waals surface area contributed by atoms with Crippen molar-refractivity contribution in [1.82, 2.24) is 0 Å². The number of hydrogen-bond acceptors (Lipinski definition) is 4. The first-order chi connectivity index (χ1) is 9.98. The first-order valence-electron chi connectivity index (χ1n) is 6.12. The molecular formula is C15H14N2O3S. The second-order valence-corrected chi connectivity index (χ2v) is 6.28. The van der Waals surface area contributed by atoms with Crippen molar-refractivity contribution >= 4 is 15.7 Å². The Bertz CT molecular complexity index is 777. The molecule has 0 N–H and O–H groups in total. The lowest BCUT2D eigenvalue weighted by Gasteiger charge is -2.19. The Labute approximate surface area is 124 Å². The van der Waals surface area contributed by atoms with Gasteiger partial charge in [0.2, 0.25) is 0 Å². The molecule has 0 fully saturated rings. The quantitative estimate of drug-likeness (QED) is 0.869. The molecule has 2 rings (SSSR count). The second-order valence-electron chi connectivity index (χ2n) is 4.31. The number of rotatable bonds is 4. The first-order valence-corrected chi connectivity index (χ1v) is 7.56. The fourth-order valence-electron chi connectivity index (χ4n) is 1.82. The molecule has 0 aliphatic heterocycles. The van der Waals surface area contributed by atoms with Crippen molar-refractivity contribution in [2.24, 2.45) is 0 Å². The zero-order valence-corrected chi connectivity index (χ0v) is 12.5. The van der Waals surface area contributed by atoms with Crippen LogP contribution < -0.4 is 9.04 Å². The minimum atomic E-state index is -3.67. The lowest BCUT2D eigenvalue weighted by atomic mass is 10.2. The first kappa shape index (κ1) is 14.9. The van der Waals surface area contributed by atoms with E-state index in [0.29, 0.717) is 17.0 Å². The Morgan fingerprint density at radius 3 is 2.38 bits per heavy atom. The molecule has 0 unspecified atom stereocenters. The molecule has 0 spiro atoms. The third kappa shape index (κ3) is 2.98. The van der Waals surface area contributed by atoms with Crippen LogP contribution in [0, 0.1) is 11.3 Å². The van der Waals surface area contributed by atoms with Crippen LogP contribution in [0.3, 0.4) is 0 Å². The Morgan fingerprint density at radius 1 is 1.14 bits per heavy atom. The maximum Gasteiger partial charge on any atom is 0.264 e. The number of methoxy groups -OCH3 is 1. The van der Waals surface area contributed by atoms with Gasteiger partial charge in [-0.2, -0.15) is 5.26 Å². The lowest BCUT2D eigenvalue weighted by Crippen LogP contribution is -2.26. The van der Waals surface area contributed by atoms with Crippen LogP contribution in [-0.4, -0.2) is 22.6 Å². The summed E-state index contributed by atoms with van der Waals surface area (Å²) in [6, 6.07) is 14.6. The van der Waals surface area contributed by atoms with E-state index in [1.807, 2.05) is 6.07 Å². The van der Waals surface area contributed by atoms with Crippen molar-refractivity contribution in [3.63, 3.8) is 0 Å². The predicted octanol–water partition coefficient (Wildman–Crippen LogP) is 2.39. The molecular weight excluding hydrogens is 288 g/mol. The highest BCUT2D eigenvalue weighted by molar-refractivity contribution is 7.92. The molecule has 0 atom stereocenters. The maximum absolute atomic E-state index is 12.5. The summed E-state index contributed by atoms with van der Waals surface area (Å²) in [6.45, 7) is 0. The van der Waals surface area contributed by atoms with Crippen LogP contribution in [0.1, 0.15) is 5.56 Å². The average Bonchev–Trinajstić information content (AvgIpc) is 2.54. The molecule has 0 bridgehead atoms. The number of nitriles is 1. The predicted molar refractivity (Wildman–Crippen MR) is 79.7 cm³/mol. The van der Waals surface area contributed by atoms with Gasteiger partial charge in [-0.1, -0.05) is 6.07 Å². The van der Waals surface area contributed by atoms with Gasteiger partial charge in [0, 0.05) is 7.05 Å². The van der Waals surface area contributed by atoms with Crippen LogP contribution in [0.4, 0.5) is 5.69 Å². The molecule has 0 amide bonds. The standard InChI is InChI=1S/C15H14N2O3S/c1-17(13-5-3-4-12(10-13)11-16)21(18,19)15-8-6-14(20-2)7-9-15/h3-10H,1-2H3. The summed E-state index contributed by atoms with van der Waals surface area (Å²) in [5, 5.41) is 8.89. The second kappa shape index (κ2) is 5.85. The third-order valence-corrected chi connectivity index (χ3v) is 4.86. The SMILES string of the molecule is COc1ccc(S(=O)(=O)N(C)c2cccc(C#N)c2)cc1. The van der Waals surface area contributed by atoms with Crippen LogP contribution in [0.2, 0.25) is 0 Å². The lowest BCUT2D eigenvalue weighted by molar-refractivity contribution is 0.414. The number of nitrogens with zero attached hydrogens (tertiary/aromatic N) is 2. The highest BCUT2D eigenvalue weighted by Gasteiger charge is 2.21. The molecule has 0 radical (unpaired) electrons. The summed E-state index contributed by atoms with van der Waals surface area (Å²) < 4.78 is 31.2. The van der Waals surface area contributed by atoms with Crippen molar-refractivity contribution in [3.05, 3.63) is 54.1 Å². The maximum atomic E-state index is 12.5. The fraction of sp³-hybridized carbons (Fsp3) is 0.133. The summed E-state index contributed by atoms with van der Waals surface area (Å²) in [5.41, 5.74) is 0.842. The van der Waals surface area contributed by atoms with Gasteiger partial charge < -0.3 is 4.74 Å². The van der Waals surface area contributed by atoms with Crippen molar-refractivity contribution in [3.8, 4) is 11.8 Å². The number of ether oxygens (including phenoxy) is 1. The minimum absolute atomic E-state index is 0.160. The highest BCUT2D eigenvalue weighted by atomic mass is 32.2. The van der Waals surface area contributed by atoms with Crippen LogP contribution >= 0.6 is 0 Å². The molecule has 0 heterocycles. The van der Waals surface area contributed by atoms with Gasteiger partial charge in [-0.25, -0.2) is 8.42 Å². The van der Waals surface area contributed by atoms with E-state index in [4.69, 9.17) is 10.00 Å². The Kier molecular flexibility index (Phi) is 4.15. The molecule has 5 nitrogen and oxygen atoms in total. The molecule has 6 heteroatoms. The summed E-state index contributed by atoms with van der Waals surface area (Å²) in [5.74, 6) is 0.586. The van der Waals surface area contributed by atoms with Crippen LogP contribution in [0.5, 0.6) is 5.75 Å². The fourth-order valence-corrected chi connectivity index (χ4v) is 3.00. The van der Waals surface area contributed by atoms with E-state index in [-0.39, 0.29) is 4.90 Å². The highest BCUT2D eigenvalue weighted by Crippen LogP contribution is 2.24. The van der Waals surface area contributed by atoms with E-state index in [2.05, 4.69) is 0 Å². The summed E-state index contributed by atoms with van der Waals surface area (Å²) in [6.07, 6.45) is 0. The summed E-state index contributed by atoms with van der Waals surface area (Å²) >= 11 is 0. The van der Waals surface area contributed by atoms with Crippen LogP contribution in [-0.2, 0) is 10.0 Å². The topological polar surface area (TPSA) is 70.4 Å². The van der Waals surface area contributed by atoms with E-state index in [1.54, 1.807) is 30.3 Å². The van der Waals surface area contributed by atoms with Gasteiger partial charge >= 0.3 is 0 Å². The van der Waals surface area contributed by atoms with Crippen molar-refractivity contribution in [1.29, 1.82) is 5.26 Å². The van der Waals surface area contributed by atoms with Gasteiger partial charge in [0.25, 0.3) is 10.0 Å². The number of anilines is 1. The van der Waals surface area contributed by atoms with Crippen LogP contribution in [0.25, 0.3) is 0 Å². The van der Waals surface area contributed by atoms with Crippen LogP contribution in [0.15, 0.2) is 53.4 Å². The van der Waals surface area contributed by atoms with Gasteiger partial charge in [0.1, 0.15) is 5.75 Å². The van der Waals surface area contributed by atoms with Gasteiger partial charge in [-0.05, 0) is 42.5 Å². The normalized spacial score (nSPS) is 10.7.